The average Bonchev–Trinajstić information content (AvgIpc) is 2.76. The van der Waals surface area contributed by atoms with Gasteiger partial charge in [0.25, 0.3) is 5.91 Å². The van der Waals surface area contributed by atoms with E-state index in [1.54, 1.807) is 19.2 Å². The smallest absolute Gasteiger partial charge is 0.331 e. The molecule has 1 aromatic rings. The third kappa shape index (κ3) is 3.09. The fraction of sp³-hybridized carbons (Fsp3) is 0.471. The zero-order valence-corrected chi connectivity index (χ0v) is 15.3. The van der Waals surface area contributed by atoms with Gasteiger partial charge in [-0.25, -0.2) is 9.59 Å². The fourth-order valence-electron chi connectivity index (χ4n) is 3.52. The molecule has 1 saturated carbocycles. The Hall–Kier alpha value is -1.79. The minimum Gasteiger partial charge on any atom is -0.424 e. The van der Waals surface area contributed by atoms with Crippen LogP contribution in [-0.4, -0.2) is 46.8 Å². The van der Waals surface area contributed by atoms with Crippen molar-refractivity contribution in [3.63, 3.8) is 0 Å². The summed E-state index contributed by atoms with van der Waals surface area (Å²) in [6, 6.07) is 4.18. The van der Waals surface area contributed by atoms with Crippen LogP contribution in [0.5, 0.6) is 5.75 Å². The Morgan fingerprint density at radius 3 is 2.56 bits per heavy atom. The Kier molecular flexibility index (Phi) is 4.93. The fourth-order valence-corrected chi connectivity index (χ4v) is 3.85. The van der Waals surface area contributed by atoms with Crippen molar-refractivity contribution in [2.24, 2.45) is 0 Å². The van der Waals surface area contributed by atoms with E-state index < -0.39 is 24.1 Å². The molecule has 1 aromatic carbocycles. The van der Waals surface area contributed by atoms with Crippen LogP contribution in [0.3, 0.4) is 0 Å². The molecule has 2 aliphatic rings. The molecular weight excluding hydrogens is 367 g/mol. The van der Waals surface area contributed by atoms with Gasteiger partial charge < -0.3 is 9.64 Å². The lowest BCUT2D eigenvalue weighted by Crippen LogP contribution is -2.49. The van der Waals surface area contributed by atoms with Crippen LogP contribution in [0, 0.1) is 0 Å². The molecule has 1 aliphatic carbocycles. The Bertz CT molecular complexity index is 731. The highest BCUT2D eigenvalue weighted by molar-refractivity contribution is 6.43. The van der Waals surface area contributed by atoms with Gasteiger partial charge in [-0.1, -0.05) is 48.5 Å². The molecule has 3 amide bonds. The molecule has 1 saturated heterocycles. The molecule has 0 radical (unpaired) electrons. The first-order valence-electron chi connectivity index (χ1n) is 8.11. The SMILES string of the molecule is CN1C(=O)N(CC(=O)Oc2cccc(Cl)c2Cl)C(=O)C12CCCCC2. The first-order valence-corrected chi connectivity index (χ1v) is 8.87. The zero-order valence-electron chi connectivity index (χ0n) is 13.8. The Morgan fingerprint density at radius 2 is 1.88 bits per heavy atom. The van der Waals surface area contributed by atoms with Crippen LogP contribution in [-0.2, 0) is 9.59 Å². The highest BCUT2D eigenvalue weighted by atomic mass is 35.5. The molecule has 0 unspecified atom stereocenters. The van der Waals surface area contributed by atoms with Gasteiger partial charge in [-0.05, 0) is 25.0 Å². The number of nitrogens with zero attached hydrogens (tertiary/aromatic N) is 2. The zero-order chi connectivity index (χ0) is 18.2. The molecule has 2 fully saturated rings. The average molecular weight is 385 g/mol. The van der Waals surface area contributed by atoms with Gasteiger partial charge in [0.2, 0.25) is 0 Å². The lowest BCUT2D eigenvalue weighted by Gasteiger charge is -2.35. The normalized spacial score (nSPS) is 19.6. The number of ether oxygens (including phenoxy) is 1. The minimum atomic E-state index is -0.816. The largest absolute Gasteiger partial charge is 0.424 e. The minimum absolute atomic E-state index is 0.0963. The summed E-state index contributed by atoms with van der Waals surface area (Å²) in [5, 5.41) is 0.360. The van der Waals surface area contributed by atoms with Gasteiger partial charge in [-0.3, -0.25) is 9.69 Å². The number of amides is 3. The van der Waals surface area contributed by atoms with Gasteiger partial charge in [0.1, 0.15) is 17.1 Å². The van der Waals surface area contributed by atoms with Crippen molar-refractivity contribution in [3.05, 3.63) is 28.2 Å². The van der Waals surface area contributed by atoms with E-state index in [-0.39, 0.29) is 21.7 Å². The van der Waals surface area contributed by atoms with Gasteiger partial charge >= 0.3 is 12.0 Å². The Morgan fingerprint density at radius 1 is 1.20 bits per heavy atom. The molecule has 25 heavy (non-hydrogen) atoms. The number of hydrogen-bond acceptors (Lipinski definition) is 4. The summed E-state index contributed by atoms with van der Waals surface area (Å²) in [5.41, 5.74) is -0.816. The topological polar surface area (TPSA) is 66.9 Å². The summed E-state index contributed by atoms with van der Waals surface area (Å²) >= 11 is 11.9. The van der Waals surface area contributed by atoms with Crippen LogP contribution in [0.15, 0.2) is 18.2 Å². The Labute approximate surface area is 155 Å². The van der Waals surface area contributed by atoms with Gasteiger partial charge in [-0.15, -0.1) is 0 Å². The highest BCUT2D eigenvalue weighted by Gasteiger charge is 2.56. The van der Waals surface area contributed by atoms with Crippen LogP contribution in [0.4, 0.5) is 4.79 Å². The molecule has 0 aromatic heterocycles. The maximum absolute atomic E-state index is 12.8. The van der Waals surface area contributed by atoms with E-state index >= 15 is 0 Å². The predicted molar refractivity (Wildman–Crippen MR) is 92.8 cm³/mol. The number of imide groups is 1. The van der Waals surface area contributed by atoms with E-state index in [9.17, 15) is 14.4 Å². The summed E-state index contributed by atoms with van der Waals surface area (Å²) < 4.78 is 5.18. The van der Waals surface area contributed by atoms with Crippen molar-refractivity contribution in [2.75, 3.05) is 13.6 Å². The Balaban J connectivity index is 1.74. The molecule has 1 spiro atoms. The van der Waals surface area contributed by atoms with Gasteiger partial charge in [0, 0.05) is 7.05 Å². The van der Waals surface area contributed by atoms with E-state index in [0.29, 0.717) is 12.8 Å². The third-order valence-electron chi connectivity index (χ3n) is 4.91. The number of esters is 1. The van der Waals surface area contributed by atoms with E-state index in [0.717, 1.165) is 24.2 Å². The van der Waals surface area contributed by atoms with E-state index in [1.165, 1.54) is 11.0 Å². The maximum atomic E-state index is 12.8. The van der Waals surface area contributed by atoms with Crippen molar-refractivity contribution in [3.8, 4) is 5.75 Å². The first-order chi connectivity index (χ1) is 11.9. The summed E-state index contributed by atoms with van der Waals surface area (Å²) in [6.07, 6.45) is 4.07. The van der Waals surface area contributed by atoms with E-state index in [2.05, 4.69) is 0 Å². The van der Waals surface area contributed by atoms with Crippen molar-refractivity contribution in [2.45, 2.75) is 37.6 Å². The quantitative estimate of drug-likeness (QED) is 0.454. The molecule has 0 N–H and O–H groups in total. The molecule has 1 heterocycles. The van der Waals surface area contributed by atoms with Gasteiger partial charge in [0.05, 0.1) is 5.02 Å². The molecule has 3 rings (SSSR count). The third-order valence-corrected chi connectivity index (χ3v) is 5.71. The number of carbonyl (C=O) groups excluding carboxylic acids is 3. The van der Waals surface area contributed by atoms with E-state index in [4.69, 9.17) is 27.9 Å². The van der Waals surface area contributed by atoms with Gasteiger partial charge in [-0.2, -0.15) is 0 Å². The second kappa shape index (κ2) is 6.84. The monoisotopic (exact) mass is 384 g/mol. The summed E-state index contributed by atoms with van der Waals surface area (Å²) in [6.45, 7) is -0.452. The second-order valence-electron chi connectivity index (χ2n) is 6.35. The lowest BCUT2D eigenvalue weighted by molar-refractivity contribution is -0.142. The summed E-state index contributed by atoms with van der Waals surface area (Å²) in [4.78, 5) is 39.9. The molecule has 0 atom stereocenters. The number of benzene rings is 1. The number of rotatable bonds is 3. The van der Waals surface area contributed by atoms with Crippen LogP contribution in [0.1, 0.15) is 32.1 Å². The molecule has 6 nitrogen and oxygen atoms in total. The van der Waals surface area contributed by atoms with Crippen molar-refractivity contribution in [1.29, 1.82) is 0 Å². The maximum Gasteiger partial charge on any atom is 0.331 e. The number of hydrogen-bond donors (Lipinski definition) is 0. The van der Waals surface area contributed by atoms with E-state index in [1.807, 2.05) is 0 Å². The summed E-state index contributed by atoms with van der Waals surface area (Å²) in [5.74, 6) is -0.972. The molecular formula is C17H18Cl2N2O4. The van der Waals surface area contributed by atoms with Gasteiger partial charge in [0.15, 0.2) is 5.75 Å². The summed E-state index contributed by atoms with van der Waals surface area (Å²) in [7, 11) is 1.62. The number of carbonyl (C=O) groups is 3. The second-order valence-corrected chi connectivity index (χ2v) is 7.14. The van der Waals surface area contributed by atoms with Crippen LogP contribution in [0.2, 0.25) is 10.0 Å². The molecule has 1 aliphatic heterocycles. The van der Waals surface area contributed by atoms with Crippen molar-refractivity contribution >= 4 is 41.1 Å². The number of urea groups is 1. The highest BCUT2D eigenvalue weighted by Crippen LogP contribution is 2.39. The predicted octanol–water partition coefficient (Wildman–Crippen LogP) is 3.50. The first kappa shape index (κ1) is 18.0. The lowest BCUT2D eigenvalue weighted by atomic mass is 9.81. The van der Waals surface area contributed by atoms with Crippen LogP contribution < -0.4 is 4.74 Å². The number of halogens is 2. The van der Waals surface area contributed by atoms with Crippen LogP contribution in [0.25, 0.3) is 0 Å². The van der Waals surface area contributed by atoms with Crippen molar-refractivity contribution in [1.82, 2.24) is 9.80 Å². The van der Waals surface area contributed by atoms with Crippen molar-refractivity contribution < 1.29 is 19.1 Å². The molecule has 8 heteroatoms. The standard InChI is InChI=1S/C17H18Cl2N2O4/c1-20-16(24)21(15(23)17(20)8-3-2-4-9-17)10-13(22)25-12-7-5-6-11(18)14(12)19/h5-7H,2-4,8-10H2,1H3. The number of likely N-dealkylation sites (N-methyl/N-ethyl adjacent to an activating group) is 1. The van der Waals surface area contributed by atoms with Crippen LogP contribution >= 0.6 is 23.2 Å². The molecule has 0 bridgehead atoms. The molecule has 134 valence electrons.